The van der Waals surface area contributed by atoms with E-state index in [4.69, 9.17) is 0 Å². The number of nitrogens with zero attached hydrogens (tertiary/aromatic N) is 1. The van der Waals surface area contributed by atoms with Crippen molar-refractivity contribution in [1.82, 2.24) is 4.98 Å². The van der Waals surface area contributed by atoms with Crippen LogP contribution in [0.1, 0.15) is 11.1 Å². The number of H-pyrrole nitrogens is 1. The zero-order chi connectivity index (χ0) is 7.56. The van der Waals surface area contributed by atoms with Crippen LogP contribution in [0.5, 0.6) is 0 Å². The highest BCUT2D eigenvalue weighted by atomic mass is 14.9. The fourth-order valence-corrected chi connectivity index (χ4v) is 0.907. The summed E-state index contributed by atoms with van der Waals surface area (Å²) in [6.07, 6.45) is 3.66. The van der Waals surface area contributed by atoms with Crippen molar-refractivity contribution in [3.05, 3.63) is 23.9 Å². The number of aromatic amines is 1. The number of hydrogen-bond acceptors (Lipinski definition) is 1. The van der Waals surface area contributed by atoms with E-state index in [1.165, 1.54) is 0 Å². The first-order valence-electron chi connectivity index (χ1n) is 3.06. The second kappa shape index (κ2) is 2.52. The molecule has 10 heavy (non-hydrogen) atoms. The van der Waals surface area contributed by atoms with Gasteiger partial charge in [-0.2, -0.15) is 0 Å². The molecule has 0 aliphatic heterocycles. The zero-order valence-corrected chi connectivity index (χ0v) is 6.02. The Labute approximate surface area is 60.3 Å². The first kappa shape index (κ1) is 6.81. The second-order valence-corrected chi connectivity index (χ2v) is 2.10. The van der Waals surface area contributed by atoms with E-state index in [1.54, 1.807) is 6.08 Å². The Kier molecular flexibility index (Phi) is 1.71. The summed E-state index contributed by atoms with van der Waals surface area (Å²) < 4.78 is 0. The number of aliphatic imine (C=N–C) groups is 1. The summed E-state index contributed by atoms with van der Waals surface area (Å²) in [5, 5.41) is 0. The number of rotatable bonds is 2. The van der Waals surface area contributed by atoms with Gasteiger partial charge in [-0.3, -0.25) is 0 Å². The third-order valence-electron chi connectivity index (χ3n) is 1.47. The van der Waals surface area contributed by atoms with Gasteiger partial charge in [0.1, 0.15) is 5.82 Å². The van der Waals surface area contributed by atoms with Crippen LogP contribution in [0.3, 0.4) is 0 Å². The molecule has 0 unspecified atom stereocenters. The maximum absolute atomic E-state index is 3.79. The van der Waals surface area contributed by atoms with Crippen molar-refractivity contribution >= 4 is 18.6 Å². The lowest BCUT2D eigenvalue weighted by Gasteiger charge is -1.89. The molecule has 0 radical (unpaired) electrons. The van der Waals surface area contributed by atoms with Gasteiger partial charge in [0.15, 0.2) is 0 Å². The molecule has 0 amide bonds. The van der Waals surface area contributed by atoms with E-state index in [0.29, 0.717) is 0 Å². The molecule has 0 aliphatic carbocycles. The van der Waals surface area contributed by atoms with Gasteiger partial charge in [0, 0.05) is 11.8 Å². The molecule has 0 aromatic carbocycles. The van der Waals surface area contributed by atoms with Gasteiger partial charge in [0.25, 0.3) is 0 Å². The quantitative estimate of drug-likeness (QED) is 0.601. The van der Waals surface area contributed by atoms with Gasteiger partial charge in [0.05, 0.1) is 0 Å². The maximum Gasteiger partial charge on any atom is 0.136 e. The van der Waals surface area contributed by atoms with Crippen LogP contribution in [0.4, 0.5) is 5.82 Å². The first-order valence-corrected chi connectivity index (χ1v) is 3.06. The minimum Gasteiger partial charge on any atom is -0.346 e. The Morgan fingerprint density at radius 2 is 2.40 bits per heavy atom. The van der Waals surface area contributed by atoms with Gasteiger partial charge < -0.3 is 4.98 Å². The van der Waals surface area contributed by atoms with E-state index in [1.807, 2.05) is 13.1 Å². The van der Waals surface area contributed by atoms with E-state index < -0.39 is 0 Å². The molecule has 1 rings (SSSR count). The monoisotopic (exact) mass is 134 g/mol. The van der Waals surface area contributed by atoms with Crippen molar-refractivity contribution in [2.24, 2.45) is 4.99 Å². The molecule has 1 aromatic rings. The van der Waals surface area contributed by atoms with E-state index in [0.717, 1.165) is 16.9 Å². The molecule has 0 atom stereocenters. The fraction of sp³-hybridized carbons (Fsp3) is 0.125. The molecule has 1 aromatic heterocycles. The molecule has 0 spiro atoms. The van der Waals surface area contributed by atoms with E-state index in [-0.39, 0.29) is 0 Å². The van der Waals surface area contributed by atoms with Crippen molar-refractivity contribution in [1.29, 1.82) is 0 Å². The minimum absolute atomic E-state index is 0.799. The van der Waals surface area contributed by atoms with E-state index >= 15 is 0 Å². The van der Waals surface area contributed by atoms with Crippen LogP contribution in [0.15, 0.2) is 17.8 Å². The standard InChI is InChI=1S/C8H10N2/c1-4-7-6(2)5-10-8(7)9-3/h4-5,10H,1,3H2,2H3. The molecule has 2 heteroatoms. The summed E-state index contributed by atoms with van der Waals surface area (Å²) >= 11 is 0. The Balaban J connectivity index is 3.25. The van der Waals surface area contributed by atoms with Gasteiger partial charge in [0.2, 0.25) is 0 Å². The molecule has 0 saturated carbocycles. The van der Waals surface area contributed by atoms with Crippen LogP contribution in [0, 0.1) is 6.92 Å². The number of nitrogens with one attached hydrogen (secondary N) is 1. The normalized spacial score (nSPS) is 9.30. The highest BCUT2D eigenvalue weighted by Gasteiger charge is 2.00. The average Bonchev–Trinajstić information content (AvgIpc) is 2.30. The fourth-order valence-electron chi connectivity index (χ4n) is 0.907. The van der Waals surface area contributed by atoms with Crippen LogP contribution in [-0.2, 0) is 0 Å². The molecular weight excluding hydrogens is 124 g/mol. The van der Waals surface area contributed by atoms with Crippen LogP contribution in [0.25, 0.3) is 6.08 Å². The number of hydrogen-bond donors (Lipinski definition) is 1. The van der Waals surface area contributed by atoms with Crippen LogP contribution < -0.4 is 0 Å². The lowest BCUT2D eigenvalue weighted by molar-refractivity contribution is 1.34. The van der Waals surface area contributed by atoms with Gasteiger partial charge in [-0.05, 0) is 19.2 Å². The Hall–Kier alpha value is -1.31. The summed E-state index contributed by atoms with van der Waals surface area (Å²) in [5.74, 6) is 0.799. The molecule has 0 fully saturated rings. The summed E-state index contributed by atoms with van der Waals surface area (Å²) in [4.78, 5) is 6.76. The summed E-state index contributed by atoms with van der Waals surface area (Å²) in [6.45, 7) is 9.09. The molecule has 52 valence electrons. The van der Waals surface area contributed by atoms with Crippen LogP contribution in [-0.4, -0.2) is 11.7 Å². The molecule has 1 heterocycles. The third-order valence-corrected chi connectivity index (χ3v) is 1.47. The molecule has 2 nitrogen and oxygen atoms in total. The minimum atomic E-state index is 0.799. The molecular formula is C8H10N2. The van der Waals surface area contributed by atoms with Crippen molar-refractivity contribution in [3.63, 3.8) is 0 Å². The Morgan fingerprint density at radius 1 is 1.70 bits per heavy atom. The summed E-state index contributed by atoms with van der Waals surface area (Å²) in [7, 11) is 0. The number of aromatic nitrogens is 1. The molecule has 0 saturated heterocycles. The van der Waals surface area contributed by atoms with Crippen LogP contribution >= 0.6 is 0 Å². The van der Waals surface area contributed by atoms with Gasteiger partial charge >= 0.3 is 0 Å². The van der Waals surface area contributed by atoms with Crippen LogP contribution in [0.2, 0.25) is 0 Å². The Bertz CT molecular complexity index is 258. The SMILES string of the molecule is C=Cc1c(C)c[nH]c1N=C. The van der Waals surface area contributed by atoms with Gasteiger partial charge in [-0.1, -0.05) is 12.7 Å². The zero-order valence-electron chi connectivity index (χ0n) is 6.02. The second-order valence-electron chi connectivity index (χ2n) is 2.10. The van der Waals surface area contributed by atoms with Crippen molar-refractivity contribution in [2.75, 3.05) is 0 Å². The van der Waals surface area contributed by atoms with E-state index in [9.17, 15) is 0 Å². The summed E-state index contributed by atoms with van der Waals surface area (Å²) in [6, 6.07) is 0. The average molecular weight is 134 g/mol. The lowest BCUT2D eigenvalue weighted by atomic mass is 10.2. The topological polar surface area (TPSA) is 28.1 Å². The smallest absolute Gasteiger partial charge is 0.136 e. The highest BCUT2D eigenvalue weighted by Crippen LogP contribution is 2.20. The predicted molar refractivity (Wildman–Crippen MR) is 44.8 cm³/mol. The molecule has 0 bridgehead atoms. The highest BCUT2D eigenvalue weighted by molar-refractivity contribution is 5.65. The number of aryl methyl sites for hydroxylation is 1. The predicted octanol–water partition coefficient (Wildman–Crippen LogP) is 2.30. The maximum atomic E-state index is 3.79. The lowest BCUT2D eigenvalue weighted by Crippen LogP contribution is -1.69. The van der Waals surface area contributed by atoms with E-state index in [2.05, 4.69) is 23.3 Å². The Morgan fingerprint density at radius 3 is 2.80 bits per heavy atom. The van der Waals surface area contributed by atoms with Crippen molar-refractivity contribution in [3.8, 4) is 0 Å². The van der Waals surface area contributed by atoms with Gasteiger partial charge in [-0.15, -0.1) is 0 Å². The van der Waals surface area contributed by atoms with Crippen molar-refractivity contribution in [2.45, 2.75) is 6.92 Å². The largest absolute Gasteiger partial charge is 0.346 e. The molecule has 1 N–H and O–H groups in total. The van der Waals surface area contributed by atoms with Gasteiger partial charge in [-0.25, -0.2) is 4.99 Å². The summed E-state index contributed by atoms with van der Waals surface area (Å²) in [5.41, 5.74) is 2.19. The first-order chi connectivity index (χ1) is 4.79. The molecule has 0 aliphatic rings. The van der Waals surface area contributed by atoms with Crippen molar-refractivity contribution < 1.29 is 0 Å². The third kappa shape index (κ3) is 0.880.